The van der Waals surface area contributed by atoms with E-state index >= 15 is 0 Å². The van der Waals surface area contributed by atoms with Gasteiger partial charge in [-0.25, -0.2) is 0 Å². The fourth-order valence-electron chi connectivity index (χ4n) is 2.29. The number of ether oxygens (including phenoxy) is 1. The molecule has 3 N–H and O–H groups in total. The van der Waals surface area contributed by atoms with Crippen molar-refractivity contribution < 1.29 is 18.7 Å². The number of rotatable bonds is 3. The van der Waals surface area contributed by atoms with Gasteiger partial charge in [0.25, 0.3) is 0 Å². The lowest BCUT2D eigenvalue weighted by Gasteiger charge is -2.12. The van der Waals surface area contributed by atoms with E-state index < -0.39 is 6.10 Å². The molecule has 1 unspecified atom stereocenters. The first-order chi connectivity index (χ1) is 8.77. The van der Waals surface area contributed by atoms with Gasteiger partial charge in [0, 0.05) is 17.5 Å². The summed E-state index contributed by atoms with van der Waals surface area (Å²) in [6.45, 7) is 0.114. The molecule has 0 fully saturated rings. The Balaban J connectivity index is 2.50. The summed E-state index contributed by atoms with van der Waals surface area (Å²) >= 11 is 0. The molecule has 5 nitrogen and oxygen atoms in total. The minimum absolute atomic E-state index is 0.114. The standard InChI is InChI=1S/C13H13NO4/c1-16-12-8-3-5-17-11(8)10(9(15)6-14)7-2-4-18-13(7)12/h2-5,9,15H,6,14H2,1H3. The summed E-state index contributed by atoms with van der Waals surface area (Å²) in [6.07, 6.45) is 2.31. The van der Waals surface area contributed by atoms with Gasteiger partial charge in [0.1, 0.15) is 5.58 Å². The summed E-state index contributed by atoms with van der Waals surface area (Å²) in [5, 5.41) is 11.6. The van der Waals surface area contributed by atoms with Crippen LogP contribution < -0.4 is 10.5 Å². The van der Waals surface area contributed by atoms with Crippen LogP contribution in [0.3, 0.4) is 0 Å². The number of nitrogens with two attached hydrogens (primary N) is 1. The Labute approximate surface area is 103 Å². The Hall–Kier alpha value is -1.98. The summed E-state index contributed by atoms with van der Waals surface area (Å²) in [7, 11) is 1.57. The molecule has 18 heavy (non-hydrogen) atoms. The highest BCUT2D eigenvalue weighted by Gasteiger charge is 2.22. The van der Waals surface area contributed by atoms with Crippen molar-refractivity contribution in [2.75, 3.05) is 13.7 Å². The first-order valence-electron chi connectivity index (χ1n) is 5.60. The van der Waals surface area contributed by atoms with Crippen LogP contribution in [0, 0.1) is 0 Å². The van der Waals surface area contributed by atoms with Gasteiger partial charge in [0.05, 0.1) is 31.1 Å². The molecule has 2 heterocycles. The van der Waals surface area contributed by atoms with Gasteiger partial charge in [-0.2, -0.15) is 0 Å². The first-order valence-corrected chi connectivity index (χ1v) is 5.60. The summed E-state index contributed by atoms with van der Waals surface area (Å²) in [6, 6.07) is 3.55. The van der Waals surface area contributed by atoms with Gasteiger partial charge in [0.2, 0.25) is 0 Å². The number of fused-ring (bicyclic) bond motifs is 2. The van der Waals surface area contributed by atoms with E-state index in [1.54, 1.807) is 31.8 Å². The monoisotopic (exact) mass is 247 g/mol. The van der Waals surface area contributed by atoms with E-state index in [2.05, 4.69) is 0 Å². The van der Waals surface area contributed by atoms with Crippen LogP contribution in [-0.4, -0.2) is 18.8 Å². The average molecular weight is 247 g/mol. The van der Waals surface area contributed by atoms with E-state index in [9.17, 15) is 5.11 Å². The maximum absolute atomic E-state index is 10.1. The molecule has 0 saturated carbocycles. The van der Waals surface area contributed by atoms with Gasteiger partial charge in [-0.1, -0.05) is 0 Å². The van der Waals surface area contributed by atoms with Crippen LogP contribution in [0.25, 0.3) is 21.9 Å². The van der Waals surface area contributed by atoms with E-state index in [4.69, 9.17) is 19.3 Å². The molecule has 0 saturated heterocycles. The van der Waals surface area contributed by atoms with E-state index in [-0.39, 0.29) is 6.54 Å². The van der Waals surface area contributed by atoms with Crippen LogP contribution in [0.4, 0.5) is 0 Å². The van der Waals surface area contributed by atoms with Crippen LogP contribution in [0.2, 0.25) is 0 Å². The minimum Gasteiger partial charge on any atom is -0.492 e. The molecule has 0 aliphatic rings. The van der Waals surface area contributed by atoms with Crippen LogP contribution in [0.5, 0.6) is 5.75 Å². The number of aliphatic hydroxyl groups is 1. The van der Waals surface area contributed by atoms with E-state index in [0.29, 0.717) is 22.5 Å². The fraction of sp³-hybridized carbons (Fsp3) is 0.231. The van der Waals surface area contributed by atoms with Crippen LogP contribution in [-0.2, 0) is 0 Å². The Morgan fingerprint density at radius 3 is 2.56 bits per heavy atom. The van der Waals surface area contributed by atoms with E-state index in [0.717, 1.165) is 10.8 Å². The van der Waals surface area contributed by atoms with Crippen molar-refractivity contribution in [3.05, 3.63) is 30.2 Å². The molecule has 0 bridgehead atoms. The normalized spacial score (nSPS) is 13.3. The minimum atomic E-state index is -0.801. The van der Waals surface area contributed by atoms with Crippen molar-refractivity contribution in [3.63, 3.8) is 0 Å². The third-order valence-corrected chi connectivity index (χ3v) is 3.08. The lowest BCUT2D eigenvalue weighted by atomic mass is 10.0. The summed E-state index contributed by atoms with van der Waals surface area (Å²) in [5.41, 5.74) is 7.36. The summed E-state index contributed by atoms with van der Waals surface area (Å²) in [5.74, 6) is 0.603. The third kappa shape index (κ3) is 1.35. The highest BCUT2D eigenvalue weighted by atomic mass is 16.5. The molecule has 2 aromatic heterocycles. The topological polar surface area (TPSA) is 81.8 Å². The fourth-order valence-corrected chi connectivity index (χ4v) is 2.29. The van der Waals surface area contributed by atoms with Gasteiger partial charge in [-0.05, 0) is 12.1 Å². The van der Waals surface area contributed by atoms with Crippen molar-refractivity contribution in [1.82, 2.24) is 0 Å². The lowest BCUT2D eigenvalue weighted by molar-refractivity contribution is 0.188. The molecule has 1 atom stereocenters. The molecule has 0 aliphatic carbocycles. The zero-order chi connectivity index (χ0) is 12.7. The zero-order valence-corrected chi connectivity index (χ0v) is 9.84. The number of furan rings is 2. The predicted octanol–water partition coefficient (Wildman–Crippen LogP) is 2.18. The highest BCUT2D eigenvalue weighted by molar-refractivity contribution is 6.04. The van der Waals surface area contributed by atoms with Gasteiger partial charge < -0.3 is 24.4 Å². The Bertz CT molecular complexity index is 646. The molecular weight excluding hydrogens is 234 g/mol. The van der Waals surface area contributed by atoms with E-state index in [1.165, 1.54) is 0 Å². The largest absolute Gasteiger partial charge is 0.492 e. The number of benzene rings is 1. The molecule has 0 aliphatic heterocycles. The molecule has 0 amide bonds. The van der Waals surface area contributed by atoms with E-state index in [1.807, 2.05) is 0 Å². The molecule has 0 spiro atoms. The number of hydrogen-bond acceptors (Lipinski definition) is 5. The van der Waals surface area contributed by atoms with Gasteiger partial charge >= 0.3 is 0 Å². The number of aliphatic hydroxyl groups excluding tert-OH is 1. The number of methoxy groups -OCH3 is 1. The average Bonchev–Trinajstić information content (AvgIpc) is 3.02. The smallest absolute Gasteiger partial charge is 0.176 e. The number of hydrogen-bond donors (Lipinski definition) is 2. The zero-order valence-electron chi connectivity index (χ0n) is 9.84. The summed E-state index contributed by atoms with van der Waals surface area (Å²) in [4.78, 5) is 0. The van der Waals surface area contributed by atoms with Crippen LogP contribution in [0.1, 0.15) is 11.7 Å². The SMILES string of the molecule is COc1c2ccoc2c(C(O)CN)c2ccoc12. The molecule has 3 rings (SSSR count). The first kappa shape index (κ1) is 11.1. The molecule has 5 heteroatoms. The lowest BCUT2D eigenvalue weighted by Crippen LogP contribution is -2.12. The molecular formula is C13H13NO4. The second-order valence-electron chi connectivity index (χ2n) is 4.03. The maximum Gasteiger partial charge on any atom is 0.176 e. The van der Waals surface area contributed by atoms with Crippen molar-refractivity contribution in [1.29, 1.82) is 0 Å². The Morgan fingerprint density at radius 2 is 1.89 bits per heavy atom. The maximum atomic E-state index is 10.1. The molecule has 0 radical (unpaired) electrons. The van der Waals surface area contributed by atoms with Crippen molar-refractivity contribution in [2.24, 2.45) is 5.73 Å². The third-order valence-electron chi connectivity index (χ3n) is 3.08. The second kappa shape index (κ2) is 4.04. The Morgan fingerprint density at radius 1 is 1.22 bits per heavy atom. The molecule has 1 aromatic carbocycles. The van der Waals surface area contributed by atoms with Gasteiger partial charge in [-0.15, -0.1) is 0 Å². The quantitative estimate of drug-likeness (QED) is 0.741. The van der Waals surface area contributed by atoms with Crippen LogP contribution in [0.15, 0.2) is 33.5 Å². The molecule has 94 valence electrons. The van der Waals surface area contributed by atoms with Gasteiger partial charge in [-0.3, -0.25) is 0 Å². The van der Waals surface area contributed by atoms with Crippen molar-refractivity contribution in [3.8, 4) is 5.75 Å². The van der Waals surface area contributed by atoms with Crippen molar-refractivity contribution >= 4 is 21.9 Å². The van der Waals surface area contributed by atoms with Crippen LogP contribution >= 0.6 is 0 Å². The highest BCUT2D eigenvalue weighted by Crippen LogP contribution is 2.41. The van der Waals surface area contributed by atoms with Gasteiger partial charge in [0.15, 0.2) is 11.3 Å². The molecule has 3 aromatic rings. The Kier molecular flexibility index (Phi) is 2.50. The second-order valence-corrected chi connectivity index (χ2v) is 4.03. The summed E-state index contributed by atoms with van der Waals surface area (Å²) < 4.78 is 16.2. The predicted molar refractivity (Wildman–Crippen MR) is 66.6 cm³/mol. The van der Waals surface area contributed by atoms with Crippen molar-refractivity contribution in [2.45, 2.75) is 6.10 Å².